The number of carbonyl (C=O) groups is 1. The smallest absolute Gasteiger partial charge is 0.313 e. The summed E-state index contributed by atoms with van der Waals surface area (Å²) in [6, 6.07) is 15.4. The molecule has 2 aromatic carbocycles. The quantitative estimate of drug-likeness (QED) is 0.302. The van der Waals surface area contributed by atoms with Crippen LogP contribution in [0.15, 0.2) is 48.5 Å². The summed E-state index contributed by atoms with van der Waals surface area (Å²) >= 11 is 5.52. The van der Waals surface area contributed by atoms with Gasteiger partial charge < -0.3 is 29.6 Å². The van der Waals surface area contributed by atoms with Gasteiger partial charge in [0.05, 0.1) is 12.5 Å². The summed E-state index contributed by atoms with van der Waals surface area (Å²) in [7, 11) is 3.14. The van der Waals surface area contributed by atoms with Crippen LogP contribution in [0.2, 0.25) is 0 Å². The zero-order valence-electron chi connectivity index (χ0n) is 20.2. The second-order valence-corrected chi connectivity index (χ2v) is 9.28. The number of esters is 1. The Morgan fingerprint density at radius 2 is 1.67 bits per heavy atom. The van der Waals surface area contributed by atoms with Crippen molar-refractivity contribution >= 4 is 23.3 Å². The zero-order valence-corrected chi connectivity index (χ0v) is 21.0. The summed E-state index contributed by atoms with van der Waals surface area (Å²) in [5.41, 5.74) is 0.300. The van der Waals surface area contributed by atoms with E-state index in [0.29, 0.717) is 29.6 Å². The molecule has 2 N–H and O–H groups in total. The molecule has 0 spiro atoms. The molecule has 1 atom stereocenters. The number of thiocarbonyl (C=S) groups is 1. The van der Waals surface area contributed by atoms with Gasteiger partial charge in [0.15, 0.2) is 29.1 Å². The molecular weight excluding hydrogens is 440 g/mol. The molecule has 0 aliphatic carbocycles. The van der Waals surface area contributed by atoms with Gasteiger partial charge in [-0.3, -0.25) is 4.79 Å². The van der Waals surface area contributed by atoms with E-state index in [4.69, 9.17) is 31.2 Å². The molecule has 7 nitrogen and oxygen atoms in total. The molecule has 0 radical (unpaired) electrons. The minimum atomic E-state index is -1.02. The second kappa shape index (κ2) is 11.9. The molecule has 0 aromatic heterocycles. The van der Waals surface area contributed by atoms with Gasteiger partial charge >= 0.3 is 5.97 Å². The van der Waals surface area contributed by atoms with Gasteiger partial charge in [-0.05, 0) is 63.2 Å². The van der Waals surface area contributed by atoms with Crippen molar-refractivity contribution in [2.45, 2.75) is 46.4 Å². The number of nitrogens with one attached hydrogen (secondary N) is 2. The lowest BCUT2D eigenvalue weighted by Crippen LogP contribution is -2.55. The van der Waals surface area contributed by atoms with E-state index in [1.54, 1.807) is 14.2 Å². The molecule has 8 heteroatoms. The van der Waals surface area contributed by atoms with Crippen LogP contribution in [0.4, 0.5) is 0 Å². The van der Waals surface area contributed by atoms with Crippen LogP contribution < -0.4 is 20.1 Å². The SMILES string of the molecule is COCOc1ccc(CNC(=S)N[C@@](C)(Cc2ccccc2)OC(=O)C(C)(C)C)cc1OC. The highest BCUT2D eigenvalue weighted by Crippen LogP contribution is 2.28. The van der Waals surface area contributed by atoms with Crippen LogP contribution in [-0.2, 0) is 27.2 Å². The summed E-state index contributed by atoms with van der Waals surface area (Å²) in [5.74, 6) is 0.874. The van der Waals surface area contributed by atoms with Crippen molar-refractivity contribution in [2.24, 2.45) is 5.41 Å². The lowest BCUT2D eigenvalue weighted by atomic mass is 9.96. The maximum Gasteiger partial charge on any atom is 0.313 e. The summed E-state index contributed by atoms with van der Waals surface area (Å²) in [5, 5.41) is 6.73. The summed E-state index contributed by atoms with van der Waals surface area (Å²) in [6.07, 6.45) is 0.455. The Morgan fingerprint density at radius 3 is 2.27 bits per heavy atom. The zero-order chi connectivity index (χ0) is 24.5. The average molecular weight is 475 g/mol. The first-order valence-electron chi connectivity index (χ1n) is 10.7. The number of hydrogen-bond donors (Lipinski definition) is 2. The van der Waals surface area contributed by atoms with Crippen molar-refractivity contribution in [3.63, 3.8) is 0 Å². The third-order valence-electron chi connectivity index (χ3n) is 4.71. The normalized spacial score (nSPS) is 12.9. The largest absolute Gasteiger partial charge is 0.493 e. The van der Waals surface area contributed by atoms with Gasteiger partial charge in [-0.25, -0.2) is 0 Å². The Morgan fingerprint density at radius 1 is 0.970 bits per heavy atom. The van der Waals surface area contributed by atoms with Crippen LogP contribution in [0.25, 0.3) is 0 Å². The van der Waals surface area contributed by atoms with Crippen molar-refractivity contribution in [3.8, 4) is 11.5 Å². The van der Waals surface area contributed by atoms with E-state index < -0.39 is 11.1 Å². The van der Waals surface area contributed by atoms with Gasteiger partial charge in [-0.2, -0.15) is 0 Å². The van der Waals surface area contributed by atoms with E-state index >= 15 is 0 Å². The molecule has 0 bridgehead atoms. The number of hydrogen-bond acceptors (Lipinski definition) is 6. The Bertz CT molecular complexity index is 930. The summed E-state index contributed by atoms with van der Waals surface area (Å²) in [6.45, 7) is 7.87. The summed E-state index contributed by atoms with van der Waals surface area (Å²) in [4.78, 5) is 12.6. The molecule has 0 amide bonds. The molecule has 2 aromatic rings. The maximum atomic E-state index is 12.6. The fourth-order valence-electron chi connectivity index (χ4n) is 2.98. The molecule has 0 aliphatic rings. The van der Waals surface area contributed by atoms with Gasteiger partial charge in [0.25, 0.3) is 0 Å². The molecule has 0 unspecified atom stereocenters. The molecule has 0 aliphatic heterocycles. The first-order valence-corrected chi connectivity index (χ1v) is 11.1. The predicted molar refractivity (Wildman–Crippen MR) is 132 cm³/mol. The number of benzene rings is 2. The number of rotatable bonds is 10. The maximum absolute atomic E-state index is 12.6. The van der Waals surface area contributed by atoms with Crippen molar-refractivity contribution in [1.29, 1.82) is 0 Å². The van der Waals surface area contributed by atoms with E-state index in [0.717, 1.165) is 11.1 Å². The van der Waals surface area contributed by atoms with Crippen molar-refractivity contribution in [1.82, 2.24) is 10.6 Å². The molecule has 0 saturated carbocycles. The Hall–Kier alpha value is -2.84. The van der Waals surface area contributed by atoms with Crippen molar-refractivity contribution in [3.05, 3.63) is 59.7 Å². The highest BCUT2D eigenvalue weighted by Gasteiger charge is 2.34. The molecule has 0 heterocycles. The fraction of sp³-hybridized carbons (Fsp3) is 0.440. The molecule has 33 heavy (non-hydrogen) atoms. The topological polar surface area (TPSA) is 78.0 Å². The Kier molecular flexibility index (Phi) is 9.49. The van der Waals surface area contributed by atoms with Crippen LogP contribution >= 0.6 is 12.2 Å². The van der Waals surface area contributed by atoms with E-state index in [2.05, 4.69) is 10.6 Å². The third-order valence-corrected chi connectivity index (χ3v) is 4.95. The average Bonchev–Trinajstić information content (AvgIpc) is 2.76. The van der Waals surface area contributed by atoms with E-state index in [1.165, 1.54) is 0 Å². The number of carbonyl (C=O) groups excluding carboxylic acids is 1. The first-order chi connectivity index (χ1) is 15.6. The van der Waals surface area contributed by atoms with Gasteiger partial charge in [0, 0.05) is 20.1 Å². The van der Waals surface area contributed by atoms with Gasteiger partial charge in [0.2, 0.25) is 0 Å². The van der Waals surface area contributed by atoms with Crippen LogP contribution in [0.1, 0.15) is 38.8 Å². The molecule has 0 fully saturated rings. The van der Waals surface area contributed by atoms with Gasteiger partial charge in [-0.15, -0.1) is 0 Å². The minimum absolute atomic E-state index is 0.134. The fourth-order valence-corrected chi connectivity index (χ4v) is 3.27. The lowest BCUT2D eigenvalue weighted by molar-refractivity contribution is -0.169. The standard InChI is InChI=1S/C25H34N2O5S/c1-24(2,3)22(28)32-25(4,15-18-10-8-7-9-11-18)27-23(33)26-16-19-12-13-20(31-17-29-5)21(14-19)30-6/h7-14H,15-17H2,1-6H3,(H2,26,27,33)/t25-/m1/s1. The molecular formula is C25H34N2O5S. The lowest BCUT2D eigenvalue weighted by Gasteiger charge is -2.34. The van der Waals surface area contributed by atoms with Crippen LogP contribution in [0.3, 0.4) is 0 Å². The minimum Gasteiger partial charge on any atom is -0.493 e. The number of ether oxygens (including phenoxy) is 4. The highest BCUT2D eigenvalue weighted by atomic mass is 32.1. The second-order valence-electron chi connectivity index (χ2n) is 8.88. The van der Waals surface area contributed by atoms with Crippen LogP contribution in [0, 0.1) is 5.41 Å². The van der Waals surface area contributed by atoms with E-state index in [9.17, 15) is 4.79 Å². The van der Waals surface area contributed by atoms with Gasteiger partial charge in [-0.1, -0.05) is 36.4 Å². The Balaban J connectivity index is 2.08. The Labute approximate surface area is 201 Å². The highest BCUT2D eigenvalue weighted by molar-refractivity contribution is 7.80. The molecule has 180 valence electrons. The van der Waals surface area contributed by atoms with Crippen LogP contribution in [-0.4, -0.2) is 37.8 Å². The summed E-state index contributed by atoms with van der Waals surface area (Å²) < 4.78 is 21.7. The predicted octanol–water partition coefficient (Wildman–Crippen LogP) is 4.19. The number of methoxy groups -OCH3 is 2. The van der Waals surface area contributed by atoms with Gasteiger partial charge in [0.1, 0.15) is 0 Å². The van der Waals surface area contributed by atoms with Crippen molar-refractivity contribution in [2.75, 3.05) is 21.0 Å². The molecule has 0 saturated heterocycles. The monoisotopic (exact) mass is 474 g/mol. The van der Waals surface area contributed by atoms with E-state index in [1.807, 2.05) is 76.2 Å². The van der Waals surface area contributed by atoms with Crippen LogP contribution in [0.5, 0.6) is 11.5 Å². The van der Waals surface area contributed by atoms with Crippen molar-refractivity contribution < 1.29 is 23.7 Å². The molecule has 2 rings (SSSR count). The van der Waals surface area contributed by atoms with E-state index in [-0.39, 0.29) is 12.8 Å². The third kappa shape index (κ3) is 8.55. The first kappa shape index (κ1) is 26.4.